The van der Waals surface area contributed by atoms with Gasteiger partial charge in [0.05, 0.1) is 17.5 Å². The van der Waals surface area contributed by atoms with E-state index in [1.165, 1.54) is 22.3 Å². The summed E-state index contributed by atoms with van der Waals surface area (Å²) < 4.78 is 5.58. The summed E-state index contributed by atoms with van der Waals surface area (Å²) in [5.74, 6) is 0.371. The number of amidine groups is 2. The van der Waals surface area contributed by atoms with Crippen molar-refractivity contribution in [1.82, 2.24) is 15.1 Å². The summed E-state index contributed by atoms with van der Waals surface area (Å²) in [4.78, 5) is 54.3. The number of hydrogen-bond acceptors (Lipinski definition) is 8. The number of carbonyl (C=O) groups excluding carboxylic acids is 3. The van der Waals surface area contributed by atoms with E-state index in [0.29, 0.717) is 42.7 Å². The van der Waals surface area contributed by atoms with Crippen molar-refractivity contribution in [3.8, 4) is 0 Å². The van der Waals surface area contributed by atoms with Gasteiger partial charge in [-0.05, 0) is 43.5 Å². The zero-order chi connectivity index (χ0) is 28.2. The highest BCUT2D eigenvalue weighted by atomic mass is 32.2. The number of rotatable bonds is 8. The predicted octanol–water partition coefficient (Wildman–Crippen LogP) is 2.80. The van der Waals surface area contributed by atoms with Gasteiger partial charge in [-0.2, -0.15) is 0 Å². The molecule has 3 amide bonds. The van der Waals surface area contributed by atoms with Crippen LogP contribution in [0.3, 0.4) is 0 Å². The molecule has 0 aromatic heterocycles. The van der Waals surface area contributed by atoms with Crippen molar-refractivity contribution in [1.29, 1.82) is 0 Å². The average molecular weight is 575 g/mol. The van der Waals surface area contributed by atoms with Gasteiger partial charge in [-0.25, -0.2) is 9.89 Å². The Bertz CT molecular complexity index is 1350. The van der Waals surface area contributed by atoms with Crippen molar-refractivity contribution in [2.24, 2.45) is 9.98 Å². The van der Waals surface area contributed by atoms with Crippen LogP contribution >= 0.6 is 11.8 Å². The summed E-state index contributed by atoms with van der Waals surface area (Å²) in [7, 11) is 0. The Balaban J connectivity index is 1.06. The third-order valence-corrected chi connectivity index (χ3v) is 8.75. The largest absolute Gasteiger partial charge is 0.376 e. The highest BCUT2D eigenvalue weighted by molar-refractivity contribution is 8.14. The van der Waals surface area contributed by atoms with Gasteiger partial charge in [0.25, 0.3) is 5.91 Å². The lowest BCUT2D eigenvalue weighted by molar-refractivity contribution is -0.132. The van der Waals surface area contributed by atoms with Crippen molar-refractivity contribution in [3.05, 3.63) is 60.2 Å². The van der Waals surface area contributed by atoms with Gasteiger partial charge < -0.3 is 19.9 Å². The quantitative estimate of drug-likeness (QED) is 0.520. The number of fused-ring (bicyclic) bond motifs is 3. The van der Waals surface area contributed by atoms with Gasteiger partial charge in [-0.3, -0.25) is 19.4 Å². The lowest BCUT2D eigenvalue weighted by atomic mass is 10.1. The molecule has 0 radical (unpaired) electrons. The van der Waals surface area contributed by atoms with E-state index in [1.54, 1.807) is 0 Å². The standard InChI is InChI=1S/C30H34N6O4S/c37-26(31-19-22-9-6-18-40-22)20-41-30-33-24-11-5-4-10-23(24)28-32-25(29(39)36(28)30)12-13-27(38)35-16-14-34(15-17-35)21-7-2-1-3-8-21/h1-5,7-8,10-11,22,25H,6,9,12-20H2,(H,31,37)/t22-,25+/m1/s1. The number of thioether (sulfide) groups is 1. The Morgan fingerprint density at radius 1 is 1.02 bits per heavy atom. The second-order valence-electron chi connectivity index (χ2n) is 10.5. The summed E-state index contributed by atoms with van der Waals surface area (Å²) in [6, 6.07) is 17.1. The van der Waals surface area contributed by atoms with Crippen LogP contribution in [0.15, 0.2) is 64.6 Å². The number of para-hydroxylation sites is 2. The van der Waals surface area contributed by atoms with Gasteiger partial charge in [0, 0.05) is 57.0 Å². The molecule has 4 heterocycles. The molecule has 6 rings (SSSR count). The van der Waals surface area contributed by atoms with Gasteiger partial charge in [-0.15, -0.1) is 0 Å². The zero-order valence-electron chi connectivity index (χ0n) is 22.9. The van der Waals surface area contributed by atoms with Gasteiger partial charge >= 0.3 is 0 Å². The summed E-state index contributed by atoms with van der Waals surface area (Å²) in [5.41, 5.74) is 2.66. The number of nitrogens with zero attached hydrogens (tertiary/aromatic N) is 5. The van der Waals surface area contributed by atoms with Gasteiger partial charge in [0.2, 0.25) is 11.8 Å². The van der Waals surface area contributed by atoms with E-state index in [4.69, 9.17) is 14.7 Å². The van der Waals surface area contributed by atoms with E-state index >= 15 is 0 Å². The van der Waals surface area contributed by atoms with Gasteiger partial charge in [0.1, 0.15) is 11.9 Å². The van der Waals surface area contributed by atoms with Crippen molar-refractivity contribution in [2.45, 2.75) is 37.8 Å². The van der Waals surface area contributed by atoms with Crippen LogP contribution in [0, 0.1) is 0 Å². The molecular formula is C30H34N6O4S. The summed E-state index contributed by atoms with van der Waals surface area (Å²) in [6.45, 7) is 4.10. The van der Waals surface area contributed by atoms with E-state index in [1.807, 2.05) is 47.4 Å². The Morgan fingerprint density at radius 3 is 2.59 bits per heavy atom. The maximum atomic E-state index is 13.6. The zero-order valence-corrected chi connectivity index (χ0v) is 23.7. The molecule has 41 heavy (non-hydrogen) atoms. The Morgan fingerprint density at radius 2 is 1.80 bits per heavy atom. The van der Waals surface area contributed by atoms with Crippen LogP contribution in [0.2, 0.25) is 0 Å². The van der Waals surface area contributed by atoms with E-state index in [9.17, 15) is 14.4 Å². The predicted molar refractivity (Wildman–Crippen MR) is 160 cm³/mol. The first kappa shape index (κ1) is 27.5. The van der Waals surface area contributed by atoms with Crippen LogP contribution in [0.1, 0.15) is 31.2 Å². The van der Waals surface area contributed by atoms with Crippen LogP contribution < -0.4 is 10.2 Å². The topological polar surface area (TPSA) is 107 Å². The highest BCUT2D eigenvalue weighted by Gasteiger charge is 2.41. The first-order valence-electron chi connectivity index (χ1n) is 14.3. The molecule has 214 valence electrons. The number of carbonyl (C=O) groups is 3. The van der Waals surface area contributed by atoms with Gasteiger partial charge in [0.15, 0.2) is 5.17 Å². The van der Waals surface area contributed by atoms with Crippen LogP contribution in [0.25, 0.3) is 0 Å². The molecule has 1 N–H and O–H groups in total. The Hall–Kier alpha value is -3.70. The van der Waals surface area contributed by atoms with E-state index in [2.05, 4.69) is 22.3 Å². The van der Waals surface area contributed by atoms with E-state index in [0.717, 1.165) is 38.1 Å². The van der Waals surface area contributed by atoms with Crippen molar-refractivity contribution >= 4 is 51.9 Å². The third kappa shape index (κ3) is 6.15. The normalized spacial score (nSPS) is 21.8. The van der Waals surface area contributed by atoms with E-state index in [-0.39, 0.29) is 36.0 Å². The molecule has 0 unspecified atom stereocenters. The SMILES string of the molecule is O=C(CSC1=Nc2ccccc2C2=N[C@@H](CCC(=O)N3CCN(c4ccccc4)CC3)C(=O)N12)NC[C@H]1CCCO1. The molecule has 2 atom stereocenters. The first-order valence-corrected chi connectivity index (χ1v) is 15.2. The fraction of sp³-hybridized carbons (Fsp3) is 0.433. The number of benzene rings is 2. The maximum Gasteiger partial charge on any atom is 0.259 e. The van der Waals surface area contributed by atoms with Gasteiger partial charge in [-0.1, -0.05) is 42.1 Å². The third-order valence-electron chi connectivity index (χ3n) is 7.82. The second-order valence-corrected chi connectivity index (χ2v) is 11.5. The minimum atomic E-state index is -0.662. The van der Waals surface area contributed by atoms with E-state index < -0.39 is 6.04 Å². The monoisotopic (exact) mass is 574 g/mol. The molecule has 0 bridgehead atoms. The highest BCUT2D eigenvalue weighted by Crippen LogP contribution is 2.34. The fourth-order valence-corrected chi connectivity index (χ4v) is 6.40. The fourth-order valence-electron chi connectivity index (χ4n) is 5.57. The summed E-state index contributed by atoms with van der Waals surface area (Å²) >= 11 is 1.22. The minimum Gasteiger partial charge on any atom is -0.376 e. The molecule has 2 aromatic rings. The summed E-state index contributed by atoms with van der Waals surface area (Å²) in [5, 5.41) is 3.36. The molecule has 11 heteroatoms. The molecule has 0 aliphatic carbocycles. The molecule has 0 spiro atoms. The Kier molecular flexibility index (Phi) is 8.33. The first-order chi connectivity index (χ1) is 20.1. The smallest absolute Gasteiger partial charge is 0.259 e. The molecular weight excluding hydrogens is 540 g/mol. The number of piperazine rings is 1. The Labute approximate surface area is 243 Å². The van der Waals surface area contributed by atoms with Crippen molar-refractivity contribution in [2.75, 3.05) is 50.0 Å². The van der Waals surface area contributed by atoms with Crippen LogP contribution in [-0.2, 0) is 19.1 Å². The number of nitrogens with one attached hydrogen (secondary N) is 1. The lowest BCUT2D eigenvalue weighted by Gasteiger charge is -2.36. The second kappa shape index (κ2) is 12.4. The molecule has 0 saturated carbocycles. The number of aliphatic imine (C=N–C) groups is 2. The lowest BCUT2D eigenvalue weighted by Crippen LogP contribution is -2.49. The average Bonchev–Trinajstić information content (AvgIpc) is 3.66. The molecule has 2 saturated heterocycles. The molecule has 10 nitrogen and oxygen atoms in total. The van der Waals surface area contributed by atoms with Crippen LogP contribution in [-0.4, -0.2) is 95.8 Å². The number of anilines is 1. The molecule has 2 aromatic carbocycles. The maximum absolute atomic E-state index is 13.6. The number of hydrogen-bond donors (Lipinski definition) is 1. The molecule has 4 aliphatic rings. The summed E-state index contributed by atoms with van der Waals surface area (Å²) in [6.07, 6.45) is 2.62. The molecule has 4 aliphatic heterocycles. The minimum absolute atomic E-state index is 0.0437. The van der Waals surface area contributed by atoms with Crippen molar-refractivity contribution < 1.29 is 19.1 Å². The van der Waals surface area contributed by atoms with Crippen LogP contribution in [0.5, 0.6) is 0 Å². The number of amides is 3. The van der Waals surface area contributed by atoms with Crippen LogP contribution in [0.4, 0.5) is 11.4 Å². The molecule has 2 fully saturated rings. The van der Waals surface area contributed by atoms with Crippen molar-refractivity contribution in [3.63, 3.8) is 0 Å². The number of ether oxygens (including phenoxy) is 1.